The Morgan fingerprint density at radius 3 is 2.63 bits per heavy atom. The molecule has 0 fully saturated rings. The standard InChI is InChI=1S/C23H19N7O4S/c1-15-6-2-3-10-19(15)29-21(17-8-5-11-24-13-17)26-28-23(29)35-14-20(31)25-27-22(32)16-7-4-9-18(12-16)30(33)34/h2-13H,14H2,1H3,(H,25,31)(H,27,32). The number of nitro groups is 1. The summed E-state index contributed by atoms with van der Waals surface area (Å²) in [6, 6.07) is 16.6. The summed E-state index contributed by atoms with van der Waals surface area (Å²) in [5, 5.41) is 20.0. The molecule has 0 radical (unpaired) electrons. The fraction of sp³-hybridized carbons (Fsp3) is 0.0870. The normalized spacial score (nSPS) is 10.5. The lowest BCUT2D eigenvalue weighted by Crippen LogP contribution is -2.42. The number of para-hydroxylation sites is 1. The van der Waals surface area contributed by atoms with E-state index in [1.54, 1.807) is 18.5 Å². The maximum atomic E-state index is 12.4. The van der Waals surface area contributed by atoms with Crippen LogP contribution in [0.2, 0.25) is 0 Å². The fourth-order valence-corrected chi connectivity index (χ4v) is 3.95. The van der Waals surface area contributed by atoms with Crippen molar-refractivity contribution in [3.05, 3.63) is 94.3 Å². The van der Waals surface area contributed by atoms with Gasteiger partial charge in [-0.15, -0.1) is 10.2 Å². The van der Waals surface area contributed by atoms with Gasteiger partial charge in [0.05, 0.1) is 16.4 Å². The number of nitro benzene ring substituents is 1. The van der Waals surface area contributed by atoms with E-state index in [1.165, 1.54) is 18.2 Å². The number of hydrogen-bond donors (Lipinski definition) is 2. The number of hydrogen-bond acceptors (Lipinski definition) is 8. The molecule has 0 spiro atoms. The molecule has 35 heavy (non-hydrogen) atoms. The molecule has 0 aliphatic carbocycles. The summed E-state index contributed by atoms with van der Waals surface area (Å²) in [6.45, 7) is 1.97. The molecule has 4 aromatic rings. The highest BCUT2D eigenvalue weighted by atomic mass is 32.2. The van der Waals surface area contributed by atoms with Gasteiger partial charge in [0.2, 0.25) is 5.91 Å². The van der Waals surface area contributed by atoms with E-state index in [9.17, 15) is 19.7 Å². The van der Waals surface area contributed by atoms with E-state index in [0.29, 0.717) is 11.0 Å². The lowest BCUT2D eigenvalue weighted by Gasteiger charge is -2.13. The van der Waals surface area contributed by atoms with Crippen molar-refractivity contribution in [2.24, 2.45) is 0 Å². The third kappa shape index (κ3) is 5.50. The number of nitrogens with zero attached hydrogens (tertiary/aromatic N) is 5. The Morgan fingerprint density at radius 1 is 1.06 bits per heavy atom. The van der Waals surface area contributed by atoms with Gasteiger partial charge < -0.3 is 0 Å². The molecule has 0 bridgehead atoms. The summed E-state index contributed by atoms with van der Waals surface area (Å²) in [5.41, 5.74) is 7.02. The van der Waals surface area contributed by atoms with Crippen molar-refractivity contribution in [2.75, 3.05) is 5.75 Å². The molecule has 2 heterocycles. The minimum Gasteiger partial charge on any atom is -0.272 e. The number of benzene rings is 2. The molecule has 4 rings (SSSR count). The van der Waals surface area contributed by atoms with Crippen LogP contribution in [0.25, 0.3) is 17.1 Å². The van der Waals surface area contributed by atoms with Crippen molar-refractivity contribution >= 4 is 29.3 Å². The molecule has 176 valence electrons. The first-order valence-corrected chi connectivity index (χ1v) is 11.3. The van der Waals surface area contributed by atoms with E-state index in [4.69, 9.17) is 0 Å². The van der Waals surface area contributed by atoms with Crippen LogP contribution in [0.5, 0.6) is 0 Å². The Balaban J connectivity index is 1.47. The smallest absolute Gasteiger partial charge is 0.270 e. The zero-order chi connectivity index (χ0) is 24.8. The molecule has 0 saturated heterocycles. The average Bonchev–Trinajstić information content (AvgIpc) is 3.30. The first-order chi connectivity index (χ1) is 16.9. The van der Waals surface area contributed by atoms with E-state index in [0.717, 1.165) is 34.6 Å². The number of aryl methyl sites for hydroxylation is 1. The van der Waals surface area contributed by atoms with Crippen molar-refractivity contribution in [3.8, 4) is 17.1 Å². The Kier molecular flexibility index (Phi) is 7.12. The van der Waals surface area contributed by atoms with Gasteiger partial charge in [0, 0.05) is 35.7 Å². The summed E-state index contributed by atoms with van der Waals surface area (Å²) in [7, 11) is 0. The summed E-state index contributed by atoms with van der Waals surface area (Å²) in [4.78, 5) is 39.1. The molecule has 2 aromatic heterocycles. The Hall–Kier alpha value is -4.58. The first-order valence-electron chi connectivity index (χ1n) is 10.3. The van der Waals surface area contributed by atoms with Crippen LogP contribution in [-0.2, 0) is 4.79 Å². The van der Waals surface area contributed by atoms with Gasteiger partial charge in [-0.2, -0.15) is 0 Å². The van der Waals surface area contributed by atoms with Gasteiger partial charge in [-0.05, 0) is 36.8 Å². The van der Waals surface area contributed by atoms with E-state index in [-0.39, 0.29) is 17.0 Å². The predicted molar refractivity (Wildman–Crippen MR) is 129 cm³/mol. The second-order valence-corrected chi connectivity index (χ2v) is 8.21. The van der Waals surface area contributed by atoms with Crippen LogP contribution in [0.4, 0.5) is 5.69 Å². The fourth-order valence-electron chi connectivity index (χ4n) is 3.20. The molecule has 0 atom stereocenters. The highest BCUT2D eigenvalue weighted by Crippen LogP contribution is 2.29. The molecule has 2 amide bonds. The molecular formula is C23H19N7O4S. The van der Waals surface area contributed by atoms with Crippen LogP contribution in [0.3, 0.4) is 0 Å². The third-order valence-corrected chi connectivity index (χ3v) is 5.81. The van der Waals surface area contributed by atoms with Crippen LogP contribution in [0, 0.1) is 17.0 Å². The van der Waals surface area contributed by atoms with Crippen molar-refractivity contribution < 1.29 is 14.5 Å². The van der Waals surface area contributed by atoms with Gasteiger partial charge in [0.15, 0.2) is 11.0 Å². The van der Waals surface area contributed by atoms with E-state index >= 15 is 0 Å². The Bertz CT molecular complexity index is 1390. The number of hydrazine groups is 1. The topological polar surface area (TPSA) is 145 Å². The Morgan fingerprint density at radius 2 is 1.89 bits per heavy atom. The first kappa shape index (κ1) is 23.6. The zero-order valence-corrected chi connectivity index (χ0v) is 19.2. The molecule has 0 unspecified atom stereocenters. The van der Waals surface area contributed by atoms with Crippen molar-refractivity contribution in [1.29, 1.82) is 0 Å². The van der Waals surface area contributed by atoms with Crippen molar-refractivity contribution in [1.82, 2.24) is 30.6 Å². The van der Waals surface area contributed by atoms with Crippen LogP contribution in [0.1, 0.15) is 15.9 Å². The minimum atomic E-state index is -0.672. The number of carbonyl (C=O) groups is 2. The zero-order valence-electron chi connectivity index (χ0n) is 18.4. The maximum Gasteiger partial charge on any atom is 0.270 e. The molecule has 0 aliphatic rings. The third-order valence-electron chi connectivity index (χ3n) is 4.88. The van der Waals surface area contributed by atoms with Gasteiger partial charge in [-0.25, -0.2) is 0 Å². The minimum absolute atomic E-state index is 0.0487. The summed E-state index contributed by atoms with van der Waals surface area (Å²) < 4.78 is 1.85. The van der Waals surface area contributed by atoms with Gasteiger partial charge in [0.1, 0.15) is 0 Å². The van der Waals surface area contributed by atoms with E-state index in [2.05, 4.69) is 26.0 Å². The second kappa shape index (κ2) is 10.6. The van der Waals surface area contributed by atoms with Crippen LogP contribution >= 0.6 is 11.8 Å². The van der Waals surface area contributed by atoms with Crippen molar-refractivity contribution in [3.63, 3.8) is 0 Å². The predicted octanol–water partition coefficient (Wildman–Crippen LogP) is 3.10. The van der Waals surface area contributed by atoms with Crippen LogP contribution in [0.15, 0.2) is 78.2 Å². The number of aromatic nitrogens is 4. The maximum absolute atomic E-state index is 12.4. The van der Waals surface area contributed by atoms with E-state index in [1.807, 2.05) is 41.8 Å². The molecular weight excluding hydrogens is 470 g/mol. The van der Waals surface area contributed by atoms with Crippen LogP contribution < -0.4 is 10.9 Å². The number of non-ortho nitro benzene ring substituents is 1. The lowest BCUT2D eigenvalue weighted by molar-refractivity contribution is -0.384. The van der Waals surface area contributed by atoms with Crippen molar-refractivity contribution in [2.45, 2.75) is 12.1 Å². The highest BCUT2D eigenvalue weighted by molar-refractivity contribution is 7.99. The summed E-state index contributed by atoms with van der Waals surface area (Å²) >= 11 is 1.14. The average molecular weight is 490 g/mol. The number of amides is 2. The quantitative estimate of drug-likeness (QED) is 0.229. The highest BCUT2D eigenvalue weighted by Gasteiger charge is 2.19. The van der Waals surface area contributed by atoms with Gasteiger partial charge in [-0.1, -0.05) is 36.0 Å². The number of pyridine rings is 1. The van der Waals surface area contributed by atoms with E-state index < -0.39 is 16.7 Å². The Labute approximate surface area is 203 Å². The molecule has 12 heteroatoms. The second-order valence-electron chi connectivity index (χ2n) is 7.27. The van der Waals surface area contributed by atoms with Crippen LogP contribution in [-0.4, -0.2) is 42.2 Å². The SMILES string of the molecule is Cc1ccccc1-n1c(SCC(=O)NNC(=O)c2cccc([N+](=O)[O-])c2)nnc1-c1cccnc1. The summed E-state index contributed by atoms with van der Waals surface area (Å²) in [6.07, 6.45) is 3.35. The van der Waals surface area contributed by atoms with Gasteiger partial charge in [0.25, 0.3) is 11.6 Å². The number of nitrogens with one attached hydrogen (secondary N) is 2. The molecule has 11 nitrogen and oxygen atoms in total. The molecule has 0 aliphatic heterocycles. The molecule has 2 N–H and O–H groups in total. The largest absolute Gasteiger partial charge is 0.272 e. The monoisotopic (exact) mass is 489 g/mol. The number of carbonyl (C=O) groups excluding carboxylic acids is 2. The molecule has 0 saturated carbocycles. The number of rotatable bonds is 7. The summed E-state index contributed by atoms with van der Waals surface area (Å²) in [5.74, 6) is -0.647. The van der Waals surface area contributed by atoms with Gasteiger partial charge >= 0.3 is 0 Å². The molecule has 2 aromatic carbocycles. The lowest BCUT2D eigenvalue weighted by atomic mass is 10.2. The number of thioether (sulfide) groups is 1. The van der Waals surface area contributed by atoms with Gasteiger partial charge in [-0.3, -0.25) is 40.1 Å².